The van der Waals surface area contributed by atoms with Crippen molar-refractivity contribution in [2.75, 3.05) is 30.9 Å². The Balaban J connectivity index is 2.43. The summed E-state index contributed by atoms with van der Waals surface area (Å²) in [6.07, 6.45) is 0. The fourth-order valence-electron chi connectivity index (χ4n) is 2.09. The Labute approximate surface area is 123 Å². The maximum absolute atomic E-state index is 5.25. The molecule has 0 saturated heterocycles. The minimum Gasteiger partial charge on any atom is -0.382 e. The van der Waals surface area contributed by atoms with Crippen molar-refractivity contribution in [3.05, 3.63) is 10.9 Å². The zero-order chi connectivity index (χ0) is 14.8. The van der Waals surface area contributed by atoms with Crippen LogP contribution in [-0.2, 0) is 4.74 Å². The summed E-state index contributed by atoms with van der Waals surface area (Å²) in [5.41, 5.74) is -0.185. The molecule has 6 heteroatoms. The standard InChI is InChI=1S/C14H22N4OS/c1-6-15-13-16-11(18-14(3,4)8-19-5)10-7-9(2)20-12(10)17-13/h7H,6,8H2,1-5H3,(H2,15,16,17,18). The third-order valence-electron chi connectivity index (χ3n) is 2.81. The van der Waals surface area contributed by atoms with Gasteiger partial charge in [0.1, 0.15) is 10.6 Å². The lowest BCUT2D eigenvalue weighted by molar-refractivity contribution is 0.158. The van der Waals surface area contributed by atoms with Crippen LogP contribution in [0.3, 0.4) is 0 Å². The molecule has 0 fully saturated rings. The number of nitrogens with one attached hydrogen (secondary N) is 2. The summed E-state index contributed by atoms with van der Waals surface area (Å²) in [4.78, 5) is 11.4. The van der Waals surface area contributed by atoms with Gasteiger partial charge in [-0.15, -0.1) is 11.3 Å². The molecule has 0 unspecified atom stereocenters. The van der Waals surface area contributed by atoms with Crippen LogP contribution in [0.2, 0.25) is 0 Å². The first-order valence-electron chi connectivity index (χ1n) is 6.74. The Morgan fingerprint density at radius 3 is 2.75 bits per heavy atom. The number of hydrogen-bond donors (Lipinski definition) is 2. The zero-order valence-corrected chi connectivity index (χ0v) is 13.5. The summed E-state index contributed by atoms with van der Waals surface area (Å²) in [6, 6.07) is 2.13. The Morgan fingerprint density at radius 2 is 2.10 bits per heavy atom. The third kappa shape index (κ3) is 3.37. The van der Waals surface area contributed by atoms with Crippen molar-refractivity contribution < 1.29 is 4.74 Å². The van der Waals surface area contributed by atoms with Crippen molar-refractivity contribution in [3.63, 3.8) is 0 Å². The first-order valence-corrected chi connectivity index (χ1v) is 7.56. The van der Waals surface area contributed by atoms with Gasteiger partial charge >= 0.3 is 0 Å². The van der Waals surface area contributed by atoms with Crippen molar-refractivity contribution in [1.29, 1.82) is 0 Å². The summed E-state index contributed by atoms with van der Waals surface area (Å²) in [7, 11) is 1.71. The highest BCUT2D eigenvalue weighted by Gasteiger charge is 2.20. The number of rotatable bonds is 6. The molecule has 0 aliphatic heterocycles. The van der Waals surface area contributed by atoms with Gasteiger partial charge in [-0.3, -0.25) is 0 Å². The first kappa shape index (κ1) is 15.0. The largest absolute Gasteiger partial charge is 0.382 e. The molecule has 2 rings (SSSR count). The number of aryl methyl sites for hydroxylation is 1. The highest BCUT2D eigenvalue weighted by atomic mass is 32.1. The lowest BCUT2D eigenvalue weighted by Gasteiger charge is -2.26. The van der Waals surface area contributed by atoms with E-state index >= 15 is 0 Å². The SMILES string of the molecule is CCNc1nc(NC(C)(C)COC)c2cc(C)sc2n1. The second kappa shape index (κ2) is 5.93. The number of nitrogens with zero attached hydrogens (tertiary/aromatic N) is 2. The summed E-state index contributed by atoms with van der Waals surface area (Å²) in [5.74, 6) is 1.52. The molecular weight excluding hydrogens is 272 g/mol. The van der Waals surface area contributed by atoms with E-state index in [0.717, 1.165) is 22.6 Å². The van der Waals surface area contributed by atoms with Crippen molar-refractivity contribution >= 4 is 33.3 Å². The van der Waals surface area contributed by atoms with Crippen molar-refractivity contribution in [2.24, 2.45) is 0 Å². The molecule has 0 radical (unpaired) electrons. The molecule has 0 amide bonds. The van der Waals surface area contributed by atoms with Crippen LogP contribution in [0.25, 0.3) is 10.2 Å². The van der Waals surface area contributed by atoms with Gasteiger partial charge in [-0.25, -0.2) is 4.98 Å². The molecule has 110 valence electrons. The van der Waals surface area contributed by atoms with Gasteiger partial charge in [-0.05, 0) is 33.8 Å². The van der Waals surface area contributed by atoms with E-state index in [1.807, 2.05) is 6.92 Å². The highest BCUT2D eigenvalue weighted by molar-refractivity contribution is 7.18. The number of hydrogen-bond acceptors (Lipinski definition) is 6. The summed E-state index contributed by atoms with van der Waals surface area (Å²) < 4.78 is 5.25. The van der Waals surface area contributed by atoms with Crippen LogP contribution in [0.5, 0.6) is 0 Å². The normalized spacial score (nSPS) is 11.8. The molecule has 2 heterocycles. The zero-order valence-electron chi connectivity index (χ0n) is 12.7. The van der Waals surface area contributed by atoms with Gasteiger partial charge in [-0.1, -0.05) is 0 Å². The third-order valence-corrected chi connectivity index (χ3v) is 3.76. The molecule has 0 saturated carbocycles. The molecule has 2 aromatic heterocycles. The van der Waals surface area contributed by atoms with Crippen molar-refractivity contribution in [3.8, 4) is 0 Å². The van der Waals surface area contributed by atoms with Crippen LogP contribution in [-0.4, -0.2) is 35.8 Å². The van der Waals surface area contributed by atoms with Crippen LogP contribution in [0.4, 0.5) is 11.8 Å². The van der Waals surface area contributed by atoms with Gasteiger partial charge in [0.2, 0.25) is 5.95 Å². The highest BCUT2D eigenvalue weighted by Crippen LogP contribution is 2.31. The second-order valence-electron chi connectivity index (χ2n) is 5.44. The Morgan fingerprint density at radius 1 is 1.35 bits per heavy atom. The minimum absolute atomic E-state index is 0.185. The van der Waals surface area contributed by atoms with Crippen LogP contribution >= 0.6 is 11.3 Å². The molecule has 2 N–H and O–H groups in total. The number of thiophene rings is 1. The predicted molar refractivity (Wildman–Crippen MR) is 85.9 cm³/mol. The van der Waals surface area contributed by atoms with Gasteiger partial charge < -0.3 is 15.4 Å². The first-order chi connectivity index (χ1) is 9.45. The molecular formula is C14H22N4OS. The molecule has 0 spiro atoms. The second-order valence-corrected chi connectivity index (χ2v) is 6.68. The van der Waals surface area contributed by atoms with Gasteiger partial charge in [0.25, 0.3) is 0 Å². The quantitative estimate of drug-likeness (QED) is 0.856. The maximum Gasteiger partial charge on any atom is 0.226 e. The number of ether oxygens (including phenoxy) is 1. The van der Waals surface area contributed by atoms with E-state index in [2.05, 4.69) is 47.4 Å². The van der Waals surface area contributed by atoms with Gasteiger partial charge in [0, 0.05) is 18.5 Å². The van der Waals surface area contributed by atoms with Crippen LogP contribution in [0.1, 0.15) is 25.6 Å². The van der Waals surface area contributed by atoms with E-state index in [4.69, 9.17) is 4.74 Å². The van der Waals surface area contributed by atoms with Crippen LogP contribution in [0, 0.1) is 6.92 Å². The summed E-state index contributed by atoms with van der Waals surface area (Å²) in [5, 5.41) is 7.71. The van der Waals surface area contributed by atoms with Gasteiger partial charge in [0.15, 0.2) is 0 Å². The lowest BCUT2D eigenvalue weighted by atomic mass is 10.1. The topological polar surface area (TPSA) is 59.1 Å². The van der Waals surface area contributed by atoms with Crippen LogP contribution in [0.15, 0.2) is 6.07 Å². The van der Waals surface area contributed by atoms with Gasteiger partial charge in [-0.2, -0.15) is 4.98 Å². The fourth-order valence-corrected chi connectivity index (χ4v) is 2.97. The maximum atomic E-state index is 5.25. The van der Waals surface area contributed by atoms with E-state index in [1.54, 1.807) is 18.4 Å². The Hall–Kier alpha value is -1.40. The number of fused-ring (bicyclic) bond motifs is 1. The van der Waals surface area contributed by atoms with Crippen LogP contribution < -0.4 is 10.6 Å². The summed E-state index contributed by atoms with van der Waals surface area (Å²) >= 11 is 1.68. The predicted octanol–water partition coefficient (Wildman–Crippen LogP) is 3.27. The average Bonchev–Trinajstić information content (AvgIpc) is 2.69. The fraction of sp³-hybridized carbons (Fsp3) is 0.571. The van der Waals surface area contributed by atoms with E-state index < -0.39 is 0 Å². The molecule has 0 aliphatic carbocycles. The molecule has 0 atom stereocenters. The molecule has 2 aromatic rings. The molecule has 0 bridgehead atoms. The minimum atomic E-state index is -0.185. The molecule has 20 heavy (non-hydrogen) atoms. The van der Waals surface area contributed by atoms with E-state index in [1.165, 1.54) is 4.88 Å². The van der Waals surface area contributed by atoms with Crippen molar-refractivity contribution in [2.45, 2.75) is 33.2 Å². The summed E-state index contributed by atoms with van der Waals surface area (Å²) in [6.45, 7) is 9.72. The number of aromatic nitrogens is 2. The lowest BCUT2D eigenvalue weighted by Crippen LogP contribution is -2.36. The molecule has 5 nitrogen and oxygen atoms in total. The Bertz CT molecular complexity index is 594. The monoisotopic (exact) mass is 294 g/mol. The smallest absolute Gasteiger partial charge is 0.226 e. The van der Waals surface area contributed by atoms with E-state index in [0.29, 0.717) is 12.6 Å². The number of anilines is 2. The average molecular weight is 294 g/mol. The van der Waals surface area contributed by atoms with Gasteiger partial charge in [0.05, 0.1) is 17.5 Å². The molecule has 0 aromatic carbocycles. The van der Waals surface area contributed by atoms with Crippen molar-refractivity contribution in [1.82, 2.24) is 9.97 Å². The van der Waals surface area contributed by atoms with E-state index in [9.17, 15) is 0 Å². The van der Waals surface area contributed by atoms with E-state index in [-0.39, 0.29) is 5.54 Å². The Kier molecular flexibility index (Phi) is 4.45. The molecule has 0 aliphatic rings. The number of methoxy groups -OCH3 is 1.